The van der Waals surface area contributed by atoms with Crippen LogP contribution in [0.2, 0.25) is 0 Å². The fraction of sp³-hybridized carbons (Fsp3) is 0.0909. The topological polar surface area (TPSA) is 59.2 Å². The quantitative estimate of drug-likeness (QED) is 0.302. The van der Waals surface area contributed by atoms with E-state index in [2.05, 4.69) is 5.32 Å². The van der Waals surface area contributed by atoms with Gasteiger partial charge in [-0.05, 0) is 54.1 Å². The molecule has 0 amide bonds. The van der Waals surface area contributed by atoms with Crippen molar-refractivity contribution in [3.05, 3.63) is 95.6 Å². The van der Waals surface area contributed by atoms with Gasteiger partial charge < -0.3 is 15.5 Å². The average molecular weight is 394 g/mol. The molecule has 0 saturated heterocycles. The highest BCUT2D eigenvalue weighted by Gasteiger charge is 2.19. The molecule has 6 heteroatoms. The average Bonchev–Trinajstić information content (AvgIpc) is 2.69. The highest BCUT2D eigenvalue weighted by molar-refractivity contribution is 7.81. The fourth-order valence-electron chi connectivity index (χ4n) is 2.75. The Bertz CT molecular complexity index is 1030. The Morgan fingerprint density at radius 3 is 2.57 bits per heavy atom. The number of benzene rings is 2. The summed E-state index contributed by atoms with van der Waals surface area (Å²) in [7, 11) is 0. The number of nitrogens with one attached hydrogen (secondary N) is 1. The smallest absolute Gasteiger partial charge is 0.238 e. The number of aliphatic hydroxyl groups is 1. The molecule has 0 spiro atoms. The SMILES string of the molecule is Cc1cccc(NC(=S)C(=C([O-])c2ccc(F)cc2)[n+]2cccc(CO)c2)c1. The van der Waals surface area contributed by atoms with Crippen molar-refractivity contribution < 1.29 is 19.2 Å². The molecule has 1 heterocycles. The van der Waals surface area contributed by atoms with E-state index in [4.69, 9.17) is 12.2 Å². The summed E-state index contributed by atoms with van der Waals surface area (Å²) in [6.07, 6.45) is 3.32. The highest BCUT2D eigenvalue weighted by Crippen LogP contribution is 2.18. The first-order valence-electron chi connectivity index (χ1n) is 8.64. The Labute approximate surface area is 168 Å². The maximum absolute atomic E-state index is 13.3. The molecule has 0 saturated carbocycles. The number of rotatable bonds is 5. The van der Waals surface area contributed by atoms with Crippen molar-refractivity contribution in [1.82, 2.24) is 0 Å². The van der Waals surface area contributed by atoms with Crippen molar-refractivity contribution in [2.45, 2.75) is 13.5 Å². The van der Waals surface area contributed by atoms with Crippen LogP contribution in [0, 0.1) is 12.7 Å². The van der Waals surface area contributed by atoms with Gasteiger partial charge in [0.1, 0.15) is 5.82 Å². The Kier molecular flexibility index (Phi) is 6.13. The third-order valence-corrected chi connectivity index (χ3v) is 4.41. The summed E-state index contributed by atoms with van der Waals surface area (Å²) in [6, 6.07) is 16.4. The van der Waals surface area contributed by atoms with Crippen molar-refractivity contribution in [3.8, 4) is 0 Å². The van der Waals surface area contributed by atoms with Gasteiger partial charge in [0.25, 0.3) is 0 Å². The molecule has 4 nitrogen and oxygen atoms in total. The Hall–Kier alpha value is -3.09. The molecule has 2 N–H and O–H groups in total. The lowest BCUT2D eigenvalue weighted by Gasteiger charge is -2.17. The molecule has 0 aliphatic rings. The van der Waals surface area contributed by atoms with E-state index in [1.807, 2.05) is 31.2 Å². The van der Waals surface area contributed by atoms with Crippen molar-refractivity contribution in [3.63, 3.8) is 0 Å². The Morgan fingerprint density at radius 2 is 1.89 bits per heavy atom. The molecule has 1 aromatic heterocycles. The van der Waals surface area contributed by atoms with Crippen LogP contribution in [0.5, 0.6) is 0 Å². The van der Waals surface area contributed by atoms with Crippen molar-refractivity contribution in [2.24, 2.45) is 0 Å². The number of nitrogens with zero attached hydrogens (tertiary/aromatic N) is 1. The molecular formula is C22H19FN2O2S. The Balaban J connectivity index is 2.09. The van der Waals surface area contributed by atoms with Crippen LogP contribution >= 0.6 is 12.2 Å². The second kappa shape index (κ2) is 8.73. The summed E-state index contributed by atoms with van der Waals surface area (Å²) in [6.45, 7) is 1.79. The number of aryl methyl sites for hydroxylation is 1. The standard InChI is InChI=1S/C22H19FN2O2S/c1-15-4-2-6-19(12-15)24-22(28)20(25-11-3-5-16(13-25)14-26)21(27)17-7-9-18(23)10-8-17/h2-13,26H,14H2,1H3,(H-,24,27,28). The fourth-order valence-corrected chi connectivity index (χ4v) is 3.06. The third-order valence-electron chi connectivity index (χ3n) is 4.12. The maximum atomic E-state index is 13.3. The van der Waals surface area contributed by atoms with Gasteiger partial charge in [0, 0.05) is 17.3 Å². The number of aromatic nitrogens is 1. The second-order valence-electron chi connectivity index (χ2n) is 6.29. The van der Waals surface area contributed by atoms with Gasteiger partial charge in [-0.3, -0.25) is 0 Å². The molecule has 0 aliphatic carbocycles. The number of thiocarbonyl (C=S) groups is 1. The van der Waals surface area contributed by atoms with E-state index >= 15 is 0 Å². The predicted molar refractivity (Wildman–Crippen MR) is 109 cm³/mol. The van der Waals surface area contributed by atoms with E-state index in [9.17, 15) is 14.6 Å². The lowest BCUT2D eigenvalue weighted by molar-refractivity contribution is -0.578. The van der Waals surface area contributed by atoms with Crippen LogP contribution in [0.25, 0.3) is 11.5 Å². The predicted octanol–water partition coefficient (Wildman–Crippen LogP) is 3.04. The molecule has 2 aromatic carbocycles. The monoisotopic (exact) mass is 394 g/mol. The van der Waals surface area contributed by atoms with E-state index in [1.165, 1.54) is 24.3 Å². The minimum absolute atomic E-state index is 0.170. The maximum Gasteiger partial charge on any atom is 0.238 e. The van der Waals surface area contributed by atoms with Gasteiger partial charge in [0.05, 0.1) is 6.61 Å². The summed E-state index contributed by atoms with van der Waals surface area (Å²) in [5, 5.41) is 25.7. The van der Waals surface area contributed by atoms with Gasteiger partial charge in [-0.15, -0.1) is 0 Å². The molecule has 0 aliphatic heterocycles. The second-order valence-corrected chi connectivity index (χ2v) is 6.69. The van der Waals surface area contributed by atoms with Crippen LogP contribution in [-0.2, 0) is 6.61 Å². The van der Waals surface area contributed by atoms with E-state index in [0.29, 0.717) is 11.1 Å². The number of pyridine rings is 1. The van der Waals surface area contributed by atoms with Crippen molar-refractivity contribution >= 4 is 34.3 Å². The summed E-state index contributed by atoms with van der Waals surface area (Å²) >= 11 is 5.54. The van der Waals surface area contributed by atoms with E-state index < -0.39 is 5.82 Å². The van der Waals surface area contributed by atoms with Crippen LogP contribution in [0.3, 0.4) is 0 Å². The molecule has 142 valence electrons. The van der Waals surface area contributed by atoms with Crippen LogP contribution in [0.1, 0.15) is 16.7 Å². The molecule has 3 rings (SSSR count). The molecule has 0 bridgehead atoms. The molecule has 0 radical (unpaired) electrons. The van der Waals surface area contributed by atoms with Crippen molar-refractivity contribution in [1.29, 1.82) is 0 Å². The van der Waals surface area contributed by atoms with Gasteiger partial charge in [0.15, 0.2) is 17.4 Å². The minimum Gasteiger partial charge on any atom is -0.867 e. The first-order valence-corrected chi connectivity index (χ1v) is 9.05. The number of halogens is 1. The summed E-state index contributed by atoms with van der Waals surface area (Å²) in [5.41, 5.74) is 2.96. The number of anilines is 1. The van der Waals surface area contributed by atoms with Crippen LogP contribution in [-0.4, -0.2) is 10.1 Å². The molecule has 28 heavy (non-hydrogen) atoms. The zero-order chi connectivity index (χ0) is 20.1. The van der Waals surface area contributed by atoms with Gasteiger partial charge in [-0.25, -0.2) is 4.39 Å². The molecule has 3 aromatic rings. The Morgan fingerprint density at radius 1 is 1.14 bits per heavy atom. The zero-order valence-electron chi connectivity index (χ0n) is 15.2. The van der Waals surface area contributed by atoms with E-state index in [1.54, 1.807) is 29.1 Å². The summed E-state index contributed by atoms with van der Waals surface area (Å²) in [4.78, 5) is 0.222. The van der Waals surface area contributed by atoms with E-state index in [0.717, 1.165) is 11.3 Å². The lowest BCUT2D eigenvalue weighted by atomic mass is 10.1. The van der Waals surface area contributed by atoms with E-state index in [-0.39, 0.29) is 23.1 Å². The van der Waals surface area contributed by atoms with Gasteiger partial charge >= 0.3 is 0 Å². The summed E-state index contributed by atoms with van der Waals surface area (Å²) < 4.78 is 14.8. The largest absolute Gasteiger partial charge is 0.867 e. The van der Waals surface area contributed by atoms with Gasteiger partial charge in [0.2, 0.25) is 5.70 Å². The normalized spacial score (nSPS) is 11.7. The number of hydrogen-bond donors (Lipinski definition) is 2. The first kappa shape index (κ1) is 19.7. The lowest BCUT2D eigenvalue weighted by Crippen LogP contribution is -2.40. The van der Waals surface area contributed by atoms with Crippen LogP contribution < -0.4 is 15.0 Å². The minimum atomic E-state index is -0.423. The number of hydrogen-bond acceptors (Lipinski definition) is 3. The summed E-state index contributed by atoms with van der Waals surface area (Å²) in [5.74, 6) is -0.779. The highest BCUT2D eigenvalue weighted by atomic mass is 32.1. The first-order chi connectivity index (χ1) is 13.5. The van der Waals surface area contributed by atoms with Crippen molar-refractivity contribution in [2.75, 3.05) is 5.32 Å². The molecular weight excluding hydrogens is 375 g/mol. The zero-order valence-corrected chi connectivity index (χ0v) is 16.0. The number of aliphatic hydroxyl groups excluding tert-OH is 1. The van der Waals surface area contributed by atoms with Crippen LogP contribution in [0.15, 0.2) is 73.1 Å². The molecule has 0 fully saturated rings. The van der Waals surface area contributed by atoms with Gasteiger partial charge in [-0.2, -0.15) is 4.57 Å². The molecule has 0 unspecified atom stereocenters. The third kappa shape index (κ3) is 4.60. The molecule has 0 atom stereocenters. The van der Waals surface area contributed by atoms with Gasteiger partial charge in [-0.1, -0.05) is 36.5 Å². The van der Waals surface area contributed by atoms with Crippen LogP contribution in [0.4, 0.5) is 10.1 Å².